The molecule has 10 nitrogen and oxygen atoms in total. The zero-order valence-electron chi connectivity index (χ0n) is 15.8. The van der Waals surface area contributed by atoms with Crippen LogP contribution >= 0.6 is 23.5 Å². The Kier molecular flexibility index (Phi) is 6.76. The van der Waals surface area contributed by atoms with Gasteiger partial charge in [-0.15, -0.1) is 0 Å². The first-order chi connectivity index (χ1) is 15.2. The number of rotatable bonds is 8. The summed E-state index contributed by atoms with van der Waals surface area (Å²) in [7, 11) is 0. The number of hydrogen-bond acceptors (Lipinski definition) is 8. The number of nitro benzene ring substituents is 2. The number of aromatic carboxylic acids is 2. The van der Waals surface area contributed by atoms with Crippen molar-refractivity contribution in [2.75, 3.05) is 0 Å². The summed E-state index contributed by atoms with van der Waals surface area (Å²) < 4.78 is 0. The predicted molar refractivity (Wildman–Crippen MR) is 115 cm³/mol. The minimum atomic E-state index is -1.12. The number of hydrogen-bond donors (Lipinski definition) is 2. The molecule has 162 valence electrons. The minimum absolute atomic E-state index is 0.0496. The van der Waals surface area contributed by atoms with Gasteiger partial charge in [0.2, 0.25) is 0 Å². The molecule has 2 N–H and O–H groups in total. The van der Waals surface area contributed by atoms with Gasteiger partial charge in [0.05, 0.1) is 36.8 Å². The van der Waals surface area contributed by atoms with Crippen LogP contribution in [-0.2, 0) is 0 Å². The monoisotopic (exact) mass is 472 g/mol. The molecule has 0 aliphatic heterocycles. The summed E-state index contributed by atoms with van der Waals surface area (Å²) in [5.74, 6) is -2.23. The molecule has 0 radical (unpaired) electrons. The van der Waals surface area contributed by atoms with Crippen LogP contribution in [0.2, 0.25) is 0 Å². The number of carboxylic acids is 2. The van der Waals surface area contributed by atoms with Gasteiger partial charge in [0.1, 0.15) is 0 Å². The van der Waals surface area contributed by atoms with E-state index in [0.29, 0.717) is 9.79 Å². The lowest BCUT2D eigenvalue weighted by Crippen LogP contribution is -1.98. The van der Waals surface area contributed by atoms with E-state index in [-0.39, 0.29) is 20.9 Å². The summed E-state index contributed by atoms with van der Waals surface area (Å²) in [5.41, 5.74) is -0.827. The molecule has 3 aromatic rings. The molecule has 0 heterocycles. The second-order valence-electron chi connectivity index (χ2n) is 6.17. The fourth-order valence-corrected chi connectivity index (χ4v) is 4.53. The largest absolute Gasteiger partial charge is 0.478 e. The maximum Gasteiger partial charge on any atom is 0.335 e. The van der Waals surface area contributed by atoms with E-state index in [4.69, 9.17) is 10.2 Å². The molecule has 32 heavy (non-hydrogen) atoms. The summed E-state index contributed by atoms with van der Waals surface area (Å²) in [6.07, 6.45) is 0. The van der Waals surface area contributed by atoms with Crippen LogP contribution in [0.1, 0.15) is 20.7 Å². The number of nitrogens with zero attached hydrogens (tertiary/aromatic N) is 2. The molecule has 0 aliphatic rings. The van der Waals surface area contributed by atoms with Gasteiger partial charge in [-0.3, -0.25) is 20.2 Å². The molecule has 3 aromatic carbocycles. The molecule has 0 saturated heterocycles. The molecule has 0 unspecified atom stereocenters. The molecule has 0 atom stereocenters. The van der Waals surface area contributed by atoms with Gasteiger partial charge in [0.15, 0.2) is 0 Å². The van der Waals surface area contributed by atoms with Crippen molar-refractivity contribution in [3.05, 3.63) is 92.0 Å². The first-order valence-electron chi connectivity index (χ1n) is 8.65. The third-order valence-electron chi connectivity index (χ3n) is 4.09. The number of benzene rings is 3. The summed E-state index contributed by atoms with van der Waals surface area (Å²) in [4.78, 5) is 44.9. The van der Waals surface area contributed by atoms with Crippen molar-refractivity contribution < 1.29 is 29.6 Å². The Morgan fingerprint density at radius 3 is 1.28 bits per heavy atom. The molecule has 0 aliphatic carbocycles. The van der Waals surface area contributed by atoms with Gasteiger partial charge in [-0.05, 0) is 54.6 Å². The maximum atomic E-state index is 11.5. The first-order valence-corrected chi connectivity index (χ1v) is 10.3. The fourth-order valence-electron chi connectivity index (χ4n) is 2.57. The topological polar surface area (TPSA) is 161 Å². The van der Waals surface area contributed by atoms with E-state index < -0.39 is 33.2 Å². The van der Waals surface area contributed by atoms with E-state index in [2.05, 4.69) is 0 Å². The van der Waals surface area contributed by atoms with Gasteiger partial charge < -0.3 is 10.2 Å². The van der Waals surface area contributed by atoms with Crippen LogP contribution in [-0.4, -0.2) is 32.0 Å². The average Bonchev–Trinajstić information content (AvgIpc) is 2.74. The lowest BCUT2D eigenvalue weighted by molar-refractivity contribution is -0.397. The SMILES string of the molecule is O=C(O)c1ccc(Sc2cc(Sc3ccc(C(=O)O)cc3)c([N+](=O)[O-])cc2[N+](=O)[O-])cc1. The van der Waals surface area contributed by atoms with Crippen molar-refractivity contribution in [1.82, 2.24) is 0 Å². The van der Waals surface area contributed by atoms with Crippen molar-refractivity contribution >= 4 is 46.8 Å². The Labute approximate surface area is 188 Å². The average molecular weight is 472 g/mol. The smallest absolute Gasteiger partial charge is 0.335 e. The van der Waals surface area contributed by atoms with Crippen LogP contribution in [0.3, 0.4) is 0 Å². The molecule has 0 saturated carbocycles. The Balaban J connectivity index is 2.02. The van der Waals surface area contributed by atoms with Gasteiger partial charge in [-0.1, -0.05) is 23.5 Å². The summed E-state index contributed by atoms with van der Waals surface area (Å²) >= 11 is 1.93. The zero-order chi connectivity index (χ0) is 23.4. The molecule has 0 bridgehead atoms. The number of carbonyl (C=O) groups is 2. The van der Waals surface area contributed by atoms with Crippen molar-refractivity contribution in [2.45, 2.75) is 19.6 Å². The summed E-state index contributed by atoms with van der Waals surface area (Å²) in [6.45, 7) is 0. The lowest BCUT2D eigenvalue weighted by Gasteiger charge is -2.08. The highest BCUT2D eigenvalue weighted by molar-refractivity contribution is 8.00. The molecule has 0 spiro atoms. The highest BCUT2D eigenvalue weighted by Crippen LogP contribution is 2.44. The molecule has 12 heteroatoms. The normalized spacial score (nSPS) is 10.5. The molecule has 3 rings (SSSR count). The van der Waals surface area contributed by atoms with E-state index >= 15 is 0 Å². The van der Waals surface area contributed by atoms with Gasteiger partial charge in [0, 0.05) is 9.79 Å². The van der Waals surface area contributed by atoms with Crippen molar-refractivity contribution in [2.24, 2.45) is 0 Å². The fraction of sp³-hybridized carbons (Fsp3) is 0. The Hall–Kier alpha value is -3.90. The van der Waals surface area contributed by atoms with Crippen LogP contribution in [0.15, 0.2) is 80.2 Å². The number of carboxylic acid groups (broad SMARTS) is 2. The predicted octanol–water partition coefficient (Wildman–Crippen LogP) is 5.20. The van der Waals surface area contributed by atoms with E-state index in [1.807, 2.05) is 0 Å². The van der Waals surface area contributed by atoms with Crippen LogP contribution in [0.5, 0.6) is 0 Å². The Morgan fingerprint density at radius 1 is 0.656 bits per heavy atom. The van der Waals surface area contributed by atoms with E-state index in [1.54, 1.807) is 0 Å². The van der Waals surface area contributed by atoms with Crippen molar-refractivity contribution in [3.63, 3.8) is 0 Å². The van der Waals surface area contributed by atoms with E-state index in [1.165, 1.54) is 54.6 Å². The lowest BCUT2D eigenvalue weighted by atomic mass is 10.2. The van der Waals surface area contributed by atoms with Crippen LogP contribution in [0, 0.1) is 20.2 Å². The van der Waals surface area contributed by atoms with Gasteiger partial charge in [0.25, 0.3) is 11.4 Å². The molecular weight excluding hydrogens is 460 g/mol. The maximum absolute atomic E-state index is 11.5. The zero-order valence-corrected chi connectivity index (χ0v) is 17.5. The van der Waals surface area contributed by atoms with Crippen molar-refractivity contribution in [3.8, 4) is 0 Å². The van der Waals surface area contributed by atoms with E-state index in [0.717, 1.165) is 29.6 Å². The van der Waals surface area contributed by atoms with Gasteiger partial charge in [-0.2, -0.15) is 0 Å². The van der Waals surface area contributed by atoms with Crippen LogP contribution in [0.4, 0.5) is 11.4 Å². The quantitative estimate of drug-likeness (QED) is 0.329. The second kappa shape index (κ2) is 9.49. The highest BCUT2D eigenvalue weighted by Gasteiger charge is 2.26. The van der Waals surface area contributed by atoms with Gasteiger partial charge in [-0.25, -0.2) is 9.59 Å². The third kappa shape index (κ3) is 5.22. The molecule has 0 fully saturated rings. The Bertz CT molecular complexity index is 1130. The second-order valence-corrected chi connectivity index (χ2v) is 8.40. The van der Waals surface area contributed by atoms with Crippen molar-refractivity contribution in [1.29, 1.82) is 0 Å². The molecule has 0 amide bonds. The third-order valence-corrected chi connectivity index (χ3v) is 6.20. The summed E-state index contributed by atoms with van der Waals surface area (Å²) in [5, 5.41) is 41.0. The van der Waals surface area contributed by atoms with Crippen LogP contribution in [0.25, 0.3) is 0 Å². The van der Waals surface area contributed by atoms with E-state index in [9.17, 15) is 29.8 Å². The Morgan fingerprint density at radius 2 is 1.00 bits per heavy atom. The number of nitro groups is 2. The standard InChI is InChI=1S/C20H12N2O8S2/c23-19(24)11-1-5-13(6-2-11)31-17-10-18(16(22(29)30)9-15(17)21(27)28)32-14-7-3-12(4-8-14)20(25)26/h1-10H,(H,23,24)(H,25,26). The van der Waals surface area contributed by atoms with Crippen LogP contribution < -0.4 is 0 Å². The minimum Gasteiger partial charge on any atom is -0.478 e. The molecule has 0 aromatic heterocycles. The highest BCUT2D eigenvalue weighted by atomic mass is 32.2. The van der Waals surface area contributed by atoms with Gasteiger partial charge >= 0.3 is 11.9 Å². The summed E-state index contributed by atoms with van der Waals surface area (Å²) in [6, 6.07) is 13.5. The first kappa shape index (κ1) is 22.8. The molecular formula is C20H12N2O8S2.